The van der Waals surface area contributed by atoms with E-state index < -0.39 is 0 Å². The van der Waals surface area contributed by atoms with Crippen LogP contribution in [0.3, 0.4) is 0 Å². The van der Waals surface area contributed by atoms with Gasteiger partial charge in [0.1, 0.15) is 5.82 Å². The van der Waals surface area contributed by atoms with Gasteiger partial charge in [-0.25, -0.2) is 4.98 Å². The first-order chi connectivity index (χ1) is 7.17. The number of hydrogen-bond donors (Lipinski definition) is 2. The lowest BCUT2D eigenvalue weighted by Gasteiger charge is -2.13. The summed E-state index contributed by atoms with van der Waals surface area (Å²) in [5.74, 6) is 0.899. The van der Waals surface area contributed by atoms with E-state index >= 15 is 0 Å². The van der Waals surface area contributed by atoms with Crippen molar-refractivity contribution in [2.45, 2.75) is 39.7 Å². The Hall–Kier alpha value is -1.09. The summed E-state index contributed by atoms with van der Waals surface area (Å²) in [5.41, 5.74) is 2.38. The molecule has 0 saturated heterocycles. The highest BCUT2D eigenvalue weighted by atomic mass is 16.3. The fourth-order valence-electron chi connectivity index (χ4n) is 1.42. The highest BCUT2D eigenvalue weighted by Gasteiger charge is 2.04. The van der Waals surface area contributed by atoms with Crippen molar-refractivity contribution in [3.05, 3.63) is 23.4 Å². The molecule has 2 N–H and O–H groups in total. The lowest BCUT2D eigenvalue weighted by molar-refractivity contribution is 0.183. The van der Waals surface area contributed by atoms with E-state index in [1.165, 1.54) is 11.1 Å². The maximum atomic E-state index is 9.45. The van der Waals surface area contributed by atoms with Crippen molar-refractivity contribution in [3.8, 4) is 0 Å². The van der Waals surface area contributed by atoms with Crippen LogP contribution in [0.2, 0.25) is 0 Å². The summed E-state index contributed by atoms with van der Waals surface area (Å²) in [7, 11) is 0. The van der Waals surface area contributed by atoms with Gasteiger partial charge in [-0.15, -0.1) is 0 Å². The normalized spacial score (nSPS) is 12.5. The van der Waals surface area contributed by atoms with E-state index in [1.54, 1.807) is 0 Å². The van der Waals surface area contributed by atoms with Crippen molar-refractivity contribution in [1.29, 1.82) is 0 Å². The van der Waals surface area contributed by atoms with E-state index in [-0.39, 0.29) is 6.10 Å². The van der Waals surface area contributed by atoms with E-state index in [0.717, 1.165) is 18.7 Å². The fraction of sp³-hybridized carbons (Fsp3) is 0.583. The molecule has 0 bridgehead atoms. The Morgan fingerprint density at radius 1 is 1.47 bits per heavy atom. The minimum atomic E-state index is -0.294. The summed E-state index contributed by atoms with van der Waals surface area (Å²) < 4.78 is 0. The number of aliphatic hydroxyl groups is 1. The fourth-order valence-corrected chi connectivity index (χ4v) is 1.42. The van der Waals surface area contributed by atoms with Gasteiger partial charge in [-0.05, 0) is 30.9 Å². The summed E-state index contributed by atoms with van der Waals surface area (Å²) in [5, 5.41) is 12.6. The van der Waals surface area contributed by atoms with Crippen LogP contribution in [-0.2, 0) is 6.42 Å². The number of anilines is 1. The highest BCUT2D eigenvalue weighted by Crippen LogP contribution is 2.14. The number of aliphatic hydroxyl groups excluding tert-OH is 1. The average Bonchev–Trinajstić information content (AvgIpc) is 2.26. The molecule has 84 valence electrons. The molecule has 0 fully saturated rings. The van der Waals surface area contributed by atoms with E-state index in [2.05, 4.69) is 23.3 Å². The number of pyridine rings is 1. The molecule has 0 aromatic carbocycles. The molecule has 15 heavy (non-hydrogen) atoms. The van der Waals surface area contributed by atoms with Gasteiger partial charge in [-0.2, -0.15) is 0 Å². The van der Waals surface area contributed by atoms with E-state index in [4.69, 9.17) is 0 Å². The first-order valence-corrected chi connectivity index (χ1v) is 5.54. The molecule has 0 amide bonds. The van der Waals surface area contributed by atoms with Gasteiger partial charge in [0.25, 0.3) is 0 Å². The monoisotopic (exact) mass is 208 g/mol. The third-order valence-electron chi connectivity index (χ3n) is 2.46. The van der Waals surface area contributed by atoms with Crippen LogP contribution in [-0.4, -0.2) is 22.7 Å². The quantitative estimate of drug-likeness (QED) is 0.779. The largest absolute Gasteiger partial charge is 0.391 e. The molecule has 1 aromatic rings. The van der Waals surface area contributed by atoms with Crippen LogP contribution in [0, 0.1) is 6.92 Å². The molecule has 1 unspecified atom stereocenters. The van der Waals surface area contributed by atoms with Crippen molar-refractivity contribution in [2.24, 2.45) is 0 Å². The molecule has 3 heteroatoms. The lowest BCUT2D eigenvalue weighted by atomic mass is 10.1. The molecule has 1 heterocycles. The number of aromatic nitrogens is 1. The van der Waals surface area contributed by atoms with Gasteiger partial charge in [-0.3, -0.25) is 0 Å². The first-order valence-electron chi connectivity index (χ1n) is 5.54. The van der Waals surface area contributed by atoms with Crippen LogP contribution in [0.5, 0.6) is 0 Å². The minimum absolute atomic E-state index is 0.294. The molecule has 0 aliphatic rings. The molecule has 1 atom stereocenters. The van der Waals surface area contributed by atoms with Crippen molar-refractivity contribution >= 4 is 5.82 Å². The molecule has 0 aliphatic carbocycles. The molecular formula is C12H20N2O. The topological polar surface area (TPSA) is 45.2 Å². The second kappa shape index (κ2) is 5.71. The number of hydrogen-bond acceptors (Lipinski definition) is 3. The predicted molar refractivity (Wildman–Crippen MR) is 63.1 cm³/mol. The zero-order valence-electron chi connectivity index (χ0n) is 9.75. The van der Waals surface area contributed by atoms with E-state index in [1.807, 2.05) is 20.0 Å². The Labute approximate surface area is 91.5 Å². The van der Waals surface area contributed by atoms with E-state index in [9.17, 15) is 5.11 Å². The molecule has 3 nitrogen and oxygen atoms in total. The summed E-state index contributed by atoms with van der Waals surface area (Å²) in [6.45, 7) is 6.68. The standard InChI is InChI=1S/C12H20N2O/c1-4-10-6-9(3)7-13-12(10)14-8-11(15)5-2/h6-7,11,15H,4-5,8H2,1-3H3,(H,13,14). The van der Waals surface area contributed by atoms with Crippen molar-refractivity contribution in [3.63, 3.8) is 0 Å². The van der Waals surface area contributed by atoms with E-state index in [0.29, 0.717) is 6.54 Å². The van der Waals surface area contributed by atoms with Gasteiger partial charge >= 0.3 is 0 Å². The van der Waals surface area contributed by atoms with Gasteiger partial charge in [0.2, 0.25) is 0 Å². The van der Waals surface area contributed by atoms with Crippen LogP contribution in [0.4, 0.5) is 5.82 Å². The zero-order valence-corrected chi connectivity index (χ0v) is 9.75. The Kier molecular flexibility index (Phi) is 4.56. The van der Waals surface area contributed by atoms with Gasteiger partial charge in [0.15, 0.2) is 0 Å². The Morgan fingerprint density at radius 2 is 2.20 bits per heavy atom. The predicted octanol–water partition coefficient (Wildman–Crippen LogP) is 2.14. The molecular weight excluding hydrogens is 188 g/mol. The van der Waals surface area contributed by atoms with Crippen molar-refractivity contribution in [1.82, 2.24) is 4.98 Å². The van der Waals surface area contributed by atoms with Crippen molar-refractivity contribution < 1.29 is 5.11 Å². The Balaban J connectivity index is 2.67. The summed E-state index contributed by atoms with van der Waals surface area (Å²) in [4.78, 5) is 4.33. The third-order valence-corrected chi connectivity index (χ3v) is 2.46. The first kappa shape index (κ1) is 12.0. The molecule has 1 rings (SSSR count). The van der Waals surface area contributed by atoms with Crippen molar-refractivity contribution in [2.75, 3.05) is 11.9 Å². The minimum Gasteiger partial charge on any atom is -0.391 e. The smallest absolute Gasteiger partial charge is 0.129 e. The van der Waals surface area contributed by atoms with Gasteiger partial charge in [0.05, 0.1) is 6.10 Å². The third kappa shape index (κ3) is 3.51. The average molecular weight is 208 g/mol. The van der Waals surface area contributed by atoms with Crippen LogP contribution in [0.1, 0.15) is 31.4 Å². The summed E-state index contributed by atoms with van der Waals surface area (Å²) >= 11 is 0. The SMILES string of the molecule is CCc1cc(C)cnc1NCC(O)CC. The lowest BCUT2D eigenvalue weighted by Crippen LogP contribution is -2.19. The number of rotatable bonds is 5. The highest BCUT2D eigenvalue weighted by molar-refractivity contribution is 5.45. The Morgan fingerprint density at radius 3 is 2.80 bits per heavy atom. The molecule has 0 aliphatic heterocycles. The van der Waals surface area contributed by atoms with Gasteiger partial charge in [0, 0.05) is 12.7 Å². The van der Waals surface area contributed by atoms with Crippen LogP contribution >= 0.6 is 0 Å². The summed E-state index contributed by atoms with van der Waals surface area (Å²) in [6.07, 6.45) is 3.28. The van der Waals surface area contributed by atoms with Crippen LogP contribution in [0.25, 0.3) is 0 Å². The second-order valence-corrected chi connectivity index (χ2v) is 3.82. The van der Waals surface area contributed by atoms with Gasteiger partial charge in [-0.1, -0.05) is 19.9 Å². The number of nitrogens with zero attached hydrogens (tertiary/aromatic N) is 1. The second-order valence-electron chi connectivity index (χ2n) is 3.82. The molecule has 1 aromatic heterocycles. The van der Waals surface area contributed by atoms with Crippen LogP contribution < -0.4 is 5.32 Å². The zero-order chi connectivity index (χ0) is 11.3. The molecule has 0 saturated carbocycles. The molecule has 0 spiro atoms. The number of aryl methyl sites for hydroxylation is 2. The van der Waals surface area contributed by atoms with Gasteiger partial charge < -0.3 is 10.4 Å². The molecule has 0 radical (unpaired) electrons. The van der Waals surface area contributed by atoms with Crippen LogP contribution in [0.15, 0.2) is 12.3 Å². The Bertz CT molecular complexity index is 312. The summed E-state index contributed by atoms with van der Waals surface area (Å²) in [6, 6.07) is 2.13. The number of nitrogens with one attached hydrogen (secondary N) is 1. The maximum absolute atomic E-state index is 9.45. The maximum Gasteiger partial charge on any atom is 0.129 e.